The standard InChI is InChI=1S/C26H21ClN2O4/c1-15-6-8-19(27)13-20(15)29-23(18-4-2-10-28-14-18)22(25(31)26(29)32)24(30)17-7-9-21-16(12-17)5-3-11-33-21/h2,4,6-10,12-14,23,30H,3,5,11H2,1H3/b24-22-. The highest BCUT2D eigenvalue weighted by atomic mass is 35.5. The van der Waals surface area contributed by atoms with Crippen LogP contribution in [-0.4, -0.2) is 28.4 Å². The lowest BCUT2D eigenvalue weighted by atomic mass is 9.94. The number of hydrogen-bond donors (Lipinski definition) is 1. The summed E-state index contributed by atoms with van der Waals surface area (Å²) in [6.45, 7) is 2.50. The molecule has 6 nitrogen and oxygen atoms in total. The number of carbonyl (C=O) groups excluding carboxylic acids is 2. The second-order valence-corrected chi connectivity index (χ2v) is 8.60. The zero-order valence-corrected chi connectivity index (χ0v) is 18.7. The summed E-state index contributed by atoms with van der Waals surface area (Å²) >= 11 is 6.23. The average molecular weight is 461 g/mol. The molecule has 5 rings (SSSR count). The van der Waals surface area contributed by atoms with Crippen LogP contribution in [0.5, 0.6) is 5.75 Å². The van der Waals surface area contributed by atoms with Gasteiger partial charge in [-0.3, -0.25) is 19.5 Å². The average Bonchev–Trinajstić information content (AvgIpc) is 3.10. The number of pyridine rings is 1. The fourth-order valence-corrected chi connectivity index (χ4v) is 4.61. The molecule has 1 aromatic heterocycles. The number of aliphatic hydroxyl groups is 1. The monoisotopic (exact) mass is 460 g/mol. The first-order valence-corrected chi connectivity index (χ1v) is 11.1. The Morgan fingerprint density at radius 1 is 1.18 bits per heavy atom. The number of amides is 1. The van der Waals surface area contributed by atoms with E-state index in [4.69, 9.17) is 16.3 Å². The first kappa shape index (κ1) is 21.2. The van der Waals surface area contributed by atoms with Gasteiger partial charge in [0.1, 0.15) is 11.5 Å². The molecule has 0 bridgehead atoms. The summed E-state index contributed by atoms with van der Waals surface area (Å²) in [5, 5.41) is 11.8. The molecule has 2 aromatic carbocycles. The summed E-state index contributed by atoms with van der Waals surface area (Å²) < 4.78 is 5.66. The predicted molar refractivity (Wildman–Crippen MR) is 125 cm³/mol. The molecule has 3 aromatic rings. The molecule has 1 fully saturated rings. The highest BCUT2D eigenvalue weighted by molar-refractivity contribution is 6.52. The maximum atomic E-state index is 13.3. The number of carbonyl (C=O) groups is 2. The number of aromatic nitrogens is 1. The third-order valence-corrected chi connectivity index (χ3v) is 6.29. The van der Waals surface area contributed by atoms with Crippen molar-refractivity contribution in [2.75, 3.05) is 11.5 Å². The Labute approximate surface area is 196 Å². The van der Waals surface area contributed by atoms with Crippen molar-refractivity contribution in [3.8, 4) is 5.75 Å². The van der Waals surface area contributed by atoms with Gasteiger partial charge >= 0.3 is 0 Å². The van der Waals surface area contributed by atoms with Crippen LogP contribution in [0.2, 0.25) is 5.02 Å². The Morgan fingerprint density at radius 2 is 2.03 bits per heavy atom. The van der Waals surface area contributed by atoms with Gasteiger partial charge in [0.15, 0.2) is 0 Å². The van der Waals surface area contributed by atoms with Crippen molar-refractivity contribution in [2.24, 2.45) is 0 Å². The molecule has 7 heteroatoms. The Balaban J connectivity index is 1.71. The van der Waals surface area contributed by atoms with E-state index in [9.17, 15) is 14.7 Å². The molecule has 0 radical (unpaired) electrons. The predicted octanol–water partition coefficient (Wildman–Crippen LogP) is 4.99. The molecule has 1 saturated heterocycles. The van der Waals surface area contributed by atoms with E-state index in [0.717, 1.165) is 29.7 Å². The highest BCUT2D eigenvalue weighted by Gasteiger charge is 2.47. The van der Waals surface area contributed by atoms with E-state index in [-0.39, 0.29) is 11.3 Å². The van der Waals surface area contributed by atoms with Crippen LogP contribution in [0.15, 0.2) is 66.5 Å². The van der Waals surface area contributed by atoms with E-state index in [1.807, 2.05) is 13.0 Å². The summed E-state index contributed by atoms with van der Waals surface area (Å²) in [5.74, 6) is -0.930. The zero-order valence-electron chi connectivity index (χ0n) is 17.9. The SMILES string of the molecule is Cc1ccc(Cl)cc1N1C(=O)C(=O)/C(=C(\O)c2ccc3c(c2)CCCO3)C1c1cccnc1. The van der Waals surface area contributed by atoms with Gasteiger partial charge in [-0.15, -0.1) is 0 Å². The Morgan fingerprint density at radius 3 is 2.82 bits per heavy atom. The molecule has 0 aliphatic carbocycles. The van der Waals surface area contributed by atoms with Crippen molar-refractivity contribution < 1.29 is 19.4 Å². The maximum absolute atomic E-state index is 13.3. The van der Waals surface area contributed by atoms with Crippen LogP contribution in [0.25, 0.3) is 5.76 Å². The van der Waals surface area contributed by atoms with E-state index in [1.165, 1.54) is 4.90 Å². The number of fused-ring (bicyclic) bond motifs is 1. The number of anilines is 1. The number of rotatable bonds is 3. The molecule has 0 saturated carbocycles. The summed E-state index contributed by atoms with van der Waals surface area (Å²) in [6, 6.07) is 13.2. The molecule has 1 amide bonds. The minimum Gasteiger partial charge on any atom is -0.507 e. The number of benzene rings is 2. The van der Waals surface area contributed by atoms with Gasteiger partial charge in [0.05, 0.1) is 18.2 Å². The Bertz CT molecular complexity index is 1300. The first-order valence-electron chi connectivity index (χ1n) is 10.7. The molecule has 166 valence electrons. The number of nitrogens with zero attached hydrogens (tertiary/aromatic N) is 2. The molecule has 3 heterocycles. The summed E-state index contributed by atoms with van der Waals surface area (Å²) in [5.41, 5.74) is 3.34. The van der Waals surface area contributed by atoms with Crippen molar-refractivity contribution in [1.82, 2.24) is 4.98 Å². The van der Waals surface area contributed by atoms with Gasteiger partial charge in [-0.25, -0.2) is 0 Å². The van der Waals surface area contributed by atoms with E-state index in [0.29, 0.717) is 28.4 Å². The smallest absolute Gasteiger partial charge is 0.300 e. The third-order valence-electron chi connectivity index (χ3n) is 6.06. The van der Waals surface area contributed by atoms with Crippen LogP contribution in [0.4, 0.5) is 5.69 Å². The largest absolute Gasteiger partial charge is 0.507 e. The molecular weight excluding hydrogens is 440 g/mol. The van der Waals surface area contributed by atoms with Crippen molar-refractivity contribution in [2.45, 2.75) is 25.8 Å². The number of ketones is 1. The van der Waals surface area contributed by atoms with Crippen LogP contribution in [0.3, 0.4) is 0 Å². The maximum Gasteiger partial charge on any atom is 0.300 e. The fourth-order valence-electron chi connectivity index (χ4n) is 4.44. The van der Waals surface area contributed by atoms with Gasteiger partial charge in [-0.2, -0.15) is 0 Å². The highest BCUT2D eigenvalue weighted by Crippen LogP contribution is 2.43. The van der Waals surface area contributed by atoms with E-state index in [1.54, 1.807) is 54.9 Å². The number of halogens is 1. The molecule has 33 heavy (non-hydrogen) atoms. The summed E-state index contributed by atoms with van der Waals surface area (Å²) in [7, 11) is 0. The topological polar surface area (TPSA) is 79.7 Å². The Kier molecular flexibility index (Phi) is 5.38. The second kappa shape index (κ2) is 8.37. The molecule has 1 N–H and O–H groups in total. The van der Waals surface area contributed by atoms with Gasteiger partial charge in [0.2, 0.25) is 0 Å². The van der Waals surface area contributed by atoms with Crippen LogP contribution < -0.4 is 9.64 Å². The molecule has 1 atom stereocenters. The van der Waals surface area contributed by atoms with Gasteiger partial charge in [-0.05, 0) is 72.9 Å². The fraction of sp³-hybridized carbons (Fsp3) is 0.192. The van der Waals surface area contributed by atoms with Crippen molar-refractivity contribution in [1.29, 1.82) is 0 Å². The minimum atomic E-state index is -0.844. The van der Waals surface area contributed by atoms with Gasteiger partial charge < -0.3 is 9.84 Å². The molecule has 0 spiro atoms. The number of aliphatic hydroxyl groups excluding tert-OH is 1. The molecule has 2 aliphatic rings. The summed E-state index contributed by atoms with van der Waals surface area (Å²) in [4.78, 5) is 32.1. The second-order valence-electron chi connectivity index (χ2n) is 8.16. The van der Waals surface area contributed by atoms with Crippen LogP contribution in [0.1, 0.15) is 34.7 Å². The number of aryl methyl sites for hydroxylation is 2. The summed E-state index contributed by atoms with van der Waals surface area (Å²) in [6.07, 6.45) is 4.91. The van der Waals surface area contributed by atoms with Gasteiger partial charge in [-0.1, -0.05) is 23.7 Å². The molecular formula is C26H21ClN2O4. The van der Waals surface area contributed by atoms with Crippen LogP contribution in [0, 0.1) is 6.92 Å². The Hall–Kier alpha value is -3.64. The van der Waals surface area contributed by atoms with Gasteiger partial charge in [0, 0.05) is 28.7 Å². The van der Waals surface area contributed by atoms with Gasteiger partial charge in [0.25, 0.3) is 11.7 Å². The number of hydrogen-bond acceptors (Lipinski definition) is 5. The number of ether oxygens (including phenoxy) is 1. The number of Topliss-reactive ketones (excluding diaryl/α,β-unsaturated/α-hetero) is 1. The van der Waals surface area contributed by atoms with E-state index >= 15 is 0 Å². The minimum absolute atomic E-state index is 0.0176. The quantitative estimate of drug-likeness (QED) is 0.338. The molecule has 1 unspecified atom stereocenters. The lowest BCUT2D eigenvalue weighted by molar-refractivity contribution is -0.132. The van der Waals surface area contributed by atoms with Crippen LogP contribution in [-0.2, 0) is 16.0 Å². The third kappa shape index (κ3) is 3.66. The molecule has 2 aliphatic heterocycles. The normalized spacial score (nSPS) is 19.3. The zero-order chi connectivity index (χ0) is 23.1. The van der Waals surface area contributed by atoms with E-state index < -0.39 is 17.7 Å². The lowest BCUT2D eigenvalue weighted by Gasteiger charge is -2.26. The van der Waals surface area contributed by atoms with Crippen molar-refractivity contribution >= 4 is 34.7 Å². The lowest BCUT2D eigenvalue weighted by Crippen LogP contribution is -2.30. The van der Waals surface area contributed by atoms with Crippen LogP contribution >= 0.6 is 11.6 Å². The first-order chi connectivity index (χ1) is 16.0. The van der Waals surface area contributed by atoms with E-state index in [2.05, 4.69) is 4.98 Å². The van der Waals surface area contributed by atoms with Crippen molar-refractivity contribution in [3.05, 3.63) is 93.8 Å². The van der Waals surface area contributed by atoms with Crippen molar-refractivity contribution in [3.63, 3.8) is 0 Å².